The first-order valence-corrected chi connectivity index (χ1v) is 13.8. The third kappa shape index (κ3) is 3.20. The number of para-hydroxylation sites is 2. The molecule has 0 saturated carbocycles. The molecule has 9 aromatic rings. The van der Waals surface area contributed by atoms with Gasteiger partial charge in [-0.15, -0.1) is 0 Å². The van der Waals surface area contributed by atoms with Crippen molar-refractivity contribution in [2.24, 2.45) is 0 Å². The molecule has 0 atom stereocenters. The molecule has 3 nitrogen and oxygen atoms in total. The molecule has 3 heteroatoms. The molecule has 2 heterocycles. The molecule has 0 amide bonds. The number of hydrogen-bond acceptors (Lipinski definition) is 3. The molecule has 0 unspecified atom stereocenters. The molecule has 0 bridgehead atoms. The largest absolute Gasteiger partial charge is 0.455 e. The Kier molecular flexibility index (Phi) is 4.61. The van der Waals surface area contributed by atoms with Gasteiger partial charge < -0.3 is 4.42 Å². The zero-order chi connectivity index (χ0) is 26.9. The lowest BCUT2D eigenvalue weighted by Crippen LogP contribution is -1.93. The van der Waals surface area contributed by atoms with Gasteiger partial charge in [0.1, 0.15) is 11.2 Å². The number of rotatable bonds is 2. The van der Waals surface area contributed by atoms with Crippen molar-refractivity contribution in [3.8, 4) is 22.4 Å². The summed E-state index contributed by atoms with van der Waals surface area (Å²) in [4.78, 5) is 10.3. The SMILES string of the molecule is c1ccc2c(c1)oc1c(-c3cccc4c(-c5cnc6c7ccccc7c7ccccc7c6n5)cccc34)cccc12. The Labute approximate surface area is 235 Å². The van der Waals surface area contributed by atoms with Gasteiger partial charge in [-0.25, -0.2) is 4.98 Å². The molecule has 0 saturated heterocycles. The molecule has 0 aliphatic carbocycles. The lowest BCUT2D eigenvalue weighted by atomic mass is 9.93. The van der Waals surface area contributed by atoms with Crippen LogP contribution in [-0.2, 0) is 0 Å². The van der Waals surface area contributed by atoms with E-state index in [-0.39, 0.29) is 0 Å². The molecule has 190 valence electrons. The van der Waals surface area contributed by atoms with Crippen LogP contribution in [-0.4, -0.2) is 9.97 Å². The molecule has 7 aromatic carbocycles. The van der Waals surface area contributed by atoms with Crippen LogP contribution in [0.3, 0.4) is 0 Å². The number of nitrogens with zero attached hydrogens (tertiary/aromatic N) is 2. The second-order valence-corrected chi connectivity index (χ2v) is 10.5. The fraction of sp³-hybridized carbons (Fsp3) is 0. The van der Waals surface area contributed by atoms with Crippen LogP contribution in [0.1, 0.15) is 0 Å². The highest BCUT2D eigenvalue weighted by Crippen LogP contribution is 2.41. The molecule has 0 aliphatic heterocycles. The highest BCUT2D eigenvalue weighted by atomic mass is 16.3. The second-order valence-electron chi connectivity index (χ2n) is 10.5. The van der Waals surface area contributed by atoms with Crippen LogP contribution >= 0.6 is 0 Å². The summed E-state index contributed by atoms with van der Waals surface area (Å²) < 4.78 is 6.40. The number of furan rings is 1. The number of aromatic nitrogens is 2. The molecule has 0 N–H and O–H groups in total. The Balaban J connectivity index is 1.30. The fourth-order valence-electron chi connectivity index (χ4n) is 6.48. The Bertz CT molecular complexity index is 2450. The summed E-state index contributed by atoms with van der Waals surface area (Å²) in [5, 5.41) is 9.20. The minimum atomic E-state index is 0.864. The van der Waals surface area contributed by atoms with Gasteiger partial charge in [-0.3, -0.25) is 4.98 Å². The molecule has 0 fully saturated rings. The van der Waals surface area contributed by atoms with E-state index < -0.39 is 0 Å². The van der Waals surface area contributed by atoms with Crippen LogP contribution in [0.25, 0.3) is 87.7 Å². The maximum absolute atomic E-state index is 6.40. The Hall–Kier alpha value is -5.54. The third-order valence-electron chi connectivity index (χ3n) is 8.32. The van der Waals surface area contributed by atoms with Crippen molar-refractivity contribution in [1.82, 2.24) is 9.97 Å². The summed E-state index contributed by atoms with van der Waals surface area (Å²) >= 11 is 0. The van der Waals surface area contributed by atoms with E-state index in [0.29, 0.717) is 0 Å². The van der Waals surface area contributed by atoms with Gasteiger partial charge in [0.25, 0.3) is 0 Å². The molecule has 9 rings (SSSR count). The topological polar surface area (TPSA) is 38.9 Å². The van der Waals surface area contributed by atoms with E-state index in [1.54, 1.807) is 0 Å². The van der Waals surface area contributed by atoms with E-state index in [9.17, 15) is 0 Å². The van der Waals surface area contributed by atoms with Crippen LogP contribution in [0.2, 0.25) is 0 Å². The normalized spacial score (nSPS) is 11.9. The molecule has 0 aliphatic rings. The monoisotopic (exact) mass is 522 g/mol. The minimum absolute atomic E-state index is 0.864. The van der Waals surface area contributed by atoms with E-state index in [1.165, 1.54) is 10.8 Å². The van der Waals surface area contributed by atoms with Crippen molar-refractivity contribution >= 4 is 65.3 Å². The van der Waals surface area contributed by atoms with E-state index in [0.717, 1.165) is 76.9 Å². The maximum Gasteiger partial charge on any atom is 0.143 e. The fourth-order valence-corrected chi connectivity index (χ4v) is 6.48. The summed E-state index contributed by atoms with van der Waals surface area (Å²) in [7, 11) is 0. The number of fused-ring (bicyclic) bond motifs is 10. The van der Waals surface area contributed by atoms with Gasteiger partial charge in [0.15, 0.2) is 0 Å². The van der Waals surface area contributed by atoms with Crippen molar-refractivity contribution in [2.75, 3.05) is 0 Å². The maximum atomic E-state index is 6.40. The average Bonchev–Trinajstić information content (AvgIpc) is 3.43. The Morgan fingerprint density at radius 3 is 1.68 bits per heavy atom. The second kappa shape index (κ2) is 8.48. The van der Waals surface area contributed by atoms with Gasteiger partial charge in [-0.1, -0.05) is 121 Å². The molecular formula is C38H22N2O. The highest BCUT2D eigenvalue weighted by molar-refractivity contribution is 6.23. The summed E-state index contributed by atoms with van der Waals surface area (Å²) in [5.74, 6) is 0. The van der Waals surface area contributed by atoms with Gasteiger partial charge in [-0.05, 0) is 33.2 Å². The number of hydrogen-bond donors (Lipinski definition) is 0. The van der Waals surface area contributed by atoms with Crippen molar-refractivity contribution in [2.45, 2.75) is 0 Å². The molecule has 2 aromatic heterocycles. The zero-order valence-corrected chi connectivity index (χ0v) is 22.0. The average molecular weight is 523 g/mol. The van der Waals surface area contributed by atoms with Crippen molar-refractivity contribution in [3.05, 3.63) is 134 Å². The quantitative estimate of drug-likeness (QED) is 0.212. The Morgan fingerprint density at radius 2 is 0.927 bits per heavy atom. The van der Waals surface area contributed by atoms with Crippen molar-refractivity contribution in [1.29, 1.82) is 0 Å². The lowest BCUT2D eigenvalue weighted by Gasteiger charge is -2.13. The summed E-state index contributed by atoms with van der Waals surface area (Å²) in [6, 6.07) is 44.5. The van der Waals surface area contributed by atoms with E-state index in [1.807, 2.05) is 18.3 Å². The summed E-state index contributed by atoms with van der Waals surface area (Å²) in [5.41, 5.74) is 7.83. The molecule has 0 radical (unpaired) electrons. The van der Waals surface area contributed by atoms with Crippen molar-refractivity contribution in [3.63, 3.8) is 0 Å². The predicted molar refractivity (Wildman–Crippen MR) is 170 cm³/mol. The number of benzene rings is 7. The van der Waals surface area contributed by atoms with Crippen LogP contribution in [0, 0.1) is 0 Å². The minimum Gasteiger partial charge on any atom is -0.455 e. The molecular weight excluding hydrogens is 500 g/mol. The van der Waals surface area contributed by atoms with Crippen LogP contribution in [0.15, 0.2) is 138 Å². The van der Waals surface area contributed by atoms with E-state index in [2.05, 4.69) is 115 Å². The lowest BCUT2D eigenvalue weighted by molar-refractivity contribution is 0.670. The van der Waals surface area contributed by atoms with E-state index in [4.69, 9.17) is 14.4 Å². The molecule has 41 heavy (non-hydrogen) atoms. The first kappa shape index (κ1) is 22.3. The van der Waals surface area contributed by atoms with Gasteiger partial charge >= 0.3 is 0 Å². The highest BCUT2D eigenvalue weighted by Gasteiger charge is 2.17. The van der Waals surface area contributed by atoms with Gasteiger partial charge in [-0.2, -0.15) is 0 Å². The van der Waals surface area contributed by atoms with E-state index >= 15 is 0 Å². The summed E-state index contributed by atoms with van der Waals surface area (Å²) in [6.45, 7) is 0. The van der Waals surface area contributed by atoms with Gasteiger partial charge in [0.2, 0.25) is 0 Å². The van der Waals surface area contributed by atoms with Crippen molar-refractivity contribution < 1.29 is 4.42 Å². The first-order valence-electron chi connectivity index (χ1n) is 13.8. The smallest absolute Gasteiger partial charge is 0.143 e. The summed E-state index contributed by atoms with van der Waals surface area (Å²) in [6.07, 6.45) is 1.92. The first-order chi connectivity index (χ1) is 20.3. The predicted octanol–water partition coefficient (Wildman–Crippen LogP) is 10.3. The standard InChI is InChI=1S/C38H22N2O/c1-3-13-30-25(10-1)26-11-2-4-14-31(26)37-36(30)39-22-34(40-37)28-18-8-15-23-24(28)16-7-17-27(23)32-19-9-20-33-29-12-5-6-21-35(29)41-38(32)33/h1-22H. The zero-order valence-electron chi connectivity index (χ0n) is 22.0. The third-order valence-corrected chi connectivity index (χ3v) is 8.32. The van der Waals surface area contributed by atoms with Crippen LogP contribution < -0.4 is 0 Å². The van der Waals surface area contributed by atoms with Crippen LogP contribution in [0.4, 0.5) is 0 Å². The van der Waals surface area contributed by atoms with Crippen LogP contribution in [0.5, 0.6) is 0 Å². The van der Waals surface area contributed by atoms with Gasteiger partial charge in [0, 0.05) is 32.7 Å². The molecule has 0 spiro atoms. The van der Waals surface area contributed by atoms with Gasteiger partial charge in [0.05, 0.1) is 22.9 Å². The Morgan fingerprint density at radius 1 is 0.390 bits per heavy atom.